The Morgan fingerprint density at radius 3 is 2.64 bits per heavy atom. The number of halogens is 1. The number of nitrogens with one attached hydrogen (secondary N) is 1. The summed E-state index contributed by atoms with van der Waals surface area (Å²) in [5.41, 5.74) is 0.986. The number of carbonyl (C=O) groups excluding carboxylic acids is 1. The van der Waals surface area contributed by atoms with Gasteiger partial charge in [0.1, 0.15) is 23.1 Å². The fraction of sp³-hybridized carbons (Fsp3) is 0.143. The molecule has 1 amide bonds. The van der Waals surface area contributed by atoms with E-state index >= 15 is 0 Å². The number of aromatic nitrogens is 1. The molecule has 3 aromatic rings. The minimum Gasteiger partial charge on any atom is -0.497 e. The fourth-order valence-electron chi connectivity index (χ4n) is 2.55. The number of rotatable bonds is 7. The first kappa shape index (κ1) is 19.2. The van der Waals surface area contributed by atoms with Gasteiger partial charge in [-0.3, -0.25) is 4.79 Å². The molecule has 0 saturated carbocycles. The summed E-state index contributed by atoms with van der Waals surface area (Å²) < 4.78 is 29.4. The summed E-state index contributed by atoms with van der Waals surface area (Å²) in [5.74, 6) is 0.833. The van der Waals surface area contributed by atoms with E-state index in [1.54, 1.807) is 48.7 Å². The van der Waals surface area contributed by atoms with Gasteiger partial charge in [0.05, 0.1) is 19.8 Å². The zero-order valence-corrected chi connectivity index (χ0v) is 15.4. The number of hydrogen-bond donors (Lipinski definition) is 1. The SMILES string of the molecule is COc1ccc(OC)c(C(=O)NCc2cccnc2Oc2cccc(F)c2)c1. The molecule has 0 spiro atoms. The Balaban J connectivity index is 1.75. The molecule has 0 bridgehead atoms. The van der Waals surface area contributed by atoms with Crippen LogP contribution in [0.15, 0.2) is 60.8 Å². The van der Waals surface area contributed by atoms with Gasteiger partial charge in [0.2, 0.25) is 5.88 Å². The number of amides is 1. The normalized spacial score (nSPS) is 10.2. The molecule has 144 valence electrons. The first-order valence-corrected chi connectivity index (χ1v) is 8.48. The van der Waals surface area contributed by atoms with Gasteiger partial charge >= 0.3 is 0 Å². The highest BCUT2D eigenvalue weighted by Gasteiger charge is 2.15. The highest BCUT2D eigenvalue weighted by Crippen LogP contribution is 2.25. The molecule has 0 atom stereocenters. The van der Waals surface area contributed by atoms with E-state index in [-0.39, 0.29) is 18.3 Å². The zero-order chi connectivity index (χ0) is 19.9. The molecule has 1 N–H and O–H groups in total. The van der Waals surface area contributed by atoms with E-state index in [2.05, 4.69) is 10.3 Å². The molecule has 28 heavy (non-hydrogen) atoms. The van der Waals surface area contributed by atoms with Crippen LogP contribution in [-0.2, 0) is 6.54 Å². The molecular formula is C21H19FN2O4. The molecule has 0 unspecified atom stereocenters. The first-order valence-electron chi connectivity index (χ1n) is 8.48. The molecule has 3 rings (SSSR count). The molecule has 7 heteroatoms. The Labute approximate surface area is 161 Å². The Kier molecular flexibility index (Phi) is 6.06. The number of nitrogens with zero attached hydrogens (tertiary/aromatic N) is 1. The summed E-state index contributed by atoms with van der Waals surface area (Å²) in [5, 5.41) is 2.81. The predicted molar refractivity (Wildman–Crippen MR) is 101 cm³/mol. The largest absolute Gasteiger partial charge is 0.497 e. The van der Waals surface area contributed by atoms with Crippen LogP contribution in [0.2, 0.25) is 0 Å². The molecule has 2 aromatic carbocycles. The van der Waals surface area contributed by atoms with Crippen LogP contribution < -0.4 is 19.5 Å². The van der Waals surface area contributed by atoms with E-state index in [4.69, 9.17) is 14.2 Å². The molecule has 0 radical (unpaired) electrons. The van der Waals surface area contributed by atoms with Crippen molar-refractivity contribution in [3.05, 3.63) is 77.7 Å². The molecule has 1 heterocycles. The van der Waals surface area contributed by atoms with Crippen molar-refractivity contribution in [1.29, 1.82) is 0 Å². The first-order chi connectivity index (χ1) is 13.6. The van der Waals surface area contributed by atoms with Gasteiger partial charge in [-0.1, -0.05) is 12.1 Å². The van der Waals surface area contributed by atoms with Crippen LogP contribution >= 0.6 is 0 Å². The maximum atomic E-state index is 13.4. The van der Waals surface area contributed by atoms with Crippen LogP contribution in [-0.4, -0.2) is 25.1 Å². The maximum Gasteiger partial charge on any atom is 0.255 e. The van der Waals surface area contributed by atoms with Crippen molar-refractivity contribution in [2.75, 3.05) is 14.2 Å². The predicted octanol–water partition coefficient (Wildman–Crippen LogP) is 3.96. The van der Waals surface area contributed by atoms with Crippen molar-refractivity contribution in [1.82, 2.24) is 10.3 Å². The highest BCUT2D eigenvalue weighted by atomic mass is 19.1. The third-order valence-electron chi connectivity index (χ3n) is 3.95. The Bertz CT molecular complexity index is 978. The number of methoxy groups -OCH3 is 2. The minimum atomic E-state index is -0.409. The van der Waals surface area contributed by atoms with Crippen molar-refractivity contribution in [2.24, 2.45) is 0 Å². The fourth-order valence-corrected chi connectivity index (χ4v) is 2.55. The second-order valence-corrected chi connectivity index (χ2v) is 5.78. The van der Waals surface area contributed by atoms with Crippen LogP contribution in [0.1, 0.15) is 15.9 Å². The molecule has 0 saturated heterocycles. The number of benzene rings is 2. The van der Waals surface area contributed by atoms with Gasteiger partial charge in [0.25, 0.3) is 5.91 Å². The van der Waals surface area contributed by atoms with Gasteiger partial charge in [0, 0.05) is 24.4 Å². The second-order valence-electron chi connectivity index (χ2n) is 5.78. The Morgan fingerprint density at radius 2 is 1.89 bits per heavy atom. The van der Waals surface area contributed by atoms with Crippen molar-refractivity contribution < 1.29 is 23.4 Å². The molecule has 0 aliphatic heterocycles. The van der Waals surface area contributed by atoms with Gasteiger partial charge < -0.3 is 19.5 Å². The van der Waals surface area contributed by atoms with Crippen molar-refractivity contribution in [3.63, 3.8) is 0 Å². The number of hydrogen-bond acceptors (Lipinski definition) is 5. The molecule has 0 aliphatic carbocycles. The van der Waals surface area contributed by atoms with Crippen LogP contribution in [0, 0.1) is 5.82 Å². The Hall–Kier alpha value is -3.61. The summed E-state index contributed by atoms with van der Waals surface area (Å²) in [7, 11) is 3.01. The van der Waals surface area contributed by atoms with Crippen LogP contribution in [0.25, 0.3) is 0 Å². The van der Waals surface area contributed by atoms with E-state index in [1.807, 2.05) is 0 Å². The van der Waals surface area contributed by atoms with E-state index < -0.39 is 5.82 Å². The zero-order valence-electron chi connectivity index (χ0n) is 15.4. The topological polar surface area (TPSA) is 69.7 Å². The molecule has 0 fully saturated rings. The number of carbonyl (C=O) groups is 1. The van der Waals surface area contributed by atoms with E-state index in [1.165, 1.54) is 26.4 Å². The average molecular weight is 382 g/mol. The molecule has 1 aromatic heterocycles. The summed E-state index contributed by atoms with van der Waals surface area (Å²) in [6.45, 7) is 0.164. The quantitative estimate of drug-likeness (QED) is 0.670. The van der Waals surface area contributed by atoms with Crippen LogP contribution in [0.5, 0.6) is 23.1 Å². The highest BCUT2D eigenvalue weighted by molar-refractivity contribution is 5.97. The Morgan fingerprint density at radius 1 is 1.04 bits per heavy atom. The molecular weight excluding hydrogens is 363 g/mol. The lowest BCUT2D eigenvalue weighted by Gasteiger charge is -2.13. The monoisotopic (exact) mass is 382 g/mol. The van der Waals surface area contributed by atoms with Crippen molar-refractivity contribution >= 4 is 5.91 Å². The average Bonchev–Trinajstić information content (AvgIpc) is 2.72. The van der Waals surface area contributed by atoms with Gasteiger partial charge in [-0.2, -0.15) is 0 Å². The van der Waals surface area contributed by atoms with Crippen LogP contribution in [0.3, 0.4) is 0 Å². The summed E-state index contributed by atoms with van der Waals surface area (Å²) in [6, 6.07) is 14.2. The maximum absolute atomic E-state index is 13.4. The lowest BCUT2D eigenvalue weighted by molar-refractivity contribution is 0.0947. The second kappa shape index (κ2) is 8.85. The standard InChI is InChI=1S/C21H19FN2O4/c1-26-16-8-9-19(27-2)18(12-16)20(25)24-13-14-5-4-10-23-21(14)28-17-7-3-6-15(22)11-17/h3-12H,13H2,1-2H3,(H,24,25). The minimum absolute atomic E-state index is 0.164. The summed E-state index contributed by atoms with van der Waals surface area (Å²) in [4.78, 5) is 16.8. The lowest BCUT2D eigenvalue weighted by Crippen LogP contribution is -2.23. The van der Waals surface area contributed by atoms with Crippen molar-refractivity contribution in [3.8, 4) is 23.1 Å². The van der Waals surface area contributed by atoms with E-state index in [0.717, 1.165) is 0 Å². The third kappa shape index (κ3) is 4.56. The lowest BCUT2D eigenvalue weighted by atomic mass is 10.1. The van der Waals surface area contributed by atoms with Gasteiger partial charge in [-0.15, -0.1) is 0 Å². The summed E-state index contributed by atoms with van der Waals surface area (Å²) in [6.07, 6.45) is 1.56. The number of ether oxygens (including phenoxy) is 3. The van der Waals surface area contributed by atoms with E-state index in [9.17, 15) is 9.18 Å². The van der Waals surface area contributed by atoms with Gasteiger partial charge in [0.15, 0.2) is 0 Å². The smallest absolute Gasteiger partial charge is 0.255 e. The van der Waals surface area contributed by atoms with Gasteiger partial charge in [-0.25, -0.2) is 9.37 Å². The third-order valence-corrected chi connectivity index (χ3v) is 3.95. The number of pyridine rings is 1. The van der Waals surface area contributed by atoms with E-state index in [0.29, 0.717) is 28.4 Å². The molecule has 0 aliphatic rings. The van der Waals surface area contributed by atoms with Gasteiger partial charge in [-0.05, 0) is 36.4 Å². The summed E-state index contributed by atoms with van der Waals surface area (Å²) >= 11 is 0. The molecule has 6 nitrogen and oxygen atoms in total. The van der Waals surface area contributed by atoms with Crippen LogP contribution in [0.4, 0.5) is 4.39 Å². The van der Waals surface area contributed by atoms with Crippen molar-refractivity contribution in [2.45, 2.75) is 6.54 Å².